The van der Waals surface area contributed by atoms with Crippen LogP contribution in [0, 0.1) is 5.92 Å². The average molecular weight is 389 g/mol. The first-order chi connectivity index (χ1) is 13.7. The van der Waals surface area contributed by atoms with E-state index in [1.807, 2.05) is 18.0 Å². The highest BCUT2D eigenvalue weighted by Crippen LogP contribution is 2.37. The van der Waals surface area contributed by atoms with Crippen LogP contribution < -0.4 is 0 Å². The maximum absolute atomic E-state index is 11.3. The smallest absolute Gasteiger partial charge is 0.306 e. The molecule has 2 heterocycles. The molecule has 0 aliphatic heterocycles. The Balaban J connectivity index is 1.42. The Bertz CT molecular complexity index is 1150. The van der Waals surface area contributed by atoms with Gasteiger partial charge in [0, 0.05) is 6.04 Å². The third-order valence-corrected chi connectivity index (χ3v) is 6.45. The van der Waals surface area contributed by atoms with Crippen molar-refractivity contribution in [3.05, 3.63) is 60.5 Å². The van der Waals surface area contributed by atoms with E-state index in [-0.39, 0.29) is 12.0 Å². The molecule has 2 aromatic carbocycles. The van der Waals surface area contributed by atoms with Gasteiger partial charge in [-0.25, -0.2) is 9.97 Å². The lowest BCUT2D eigenvalue weighted by Gasteiger charge is -2.16. The van der Waals surface area contributed by atoms with E-state index >= 15 is 0 Å². The van der Waals surface area contributed by atoms with Gasteiger partial charge in [0.25, 0.3) is 0 Å². The van der Waals surface area contributed by atoms with E-state index in [0.717, 1.165) is 35.2 Å². The summed E-state index contributed by atoms with van der Waals surface area (Å²) in [4.78, 5) is 19.9. The molecule has 4 aromatic rings. The lowest BCUT2D eigenvalue weighted by molar-refractivity contribution is -0.141. The first-order valence-electron chi connectivity index (χ1n) is 9.38. The van der Waals surface area contributed by atoms with Crippen molar-refractivity contribution >= 4 is 27.5 Å². The van der Waals surface area contributed by atoms with E-state index in [1.165, 1.54) is 10.3 Å². The molecule has 6 heteroatoms. The van der Waals surface area contributed by atoms with Gasteiger partial charge >= 0.3 is 5.97 Å². The molecule has 28 heavy (non-hydrogen) atoms. The number of thiazole rings is 1. The predicted octanol–water partition coefficient (Wildman–Crippen LogP) is 5.25. The first-order valence-corrected chi connectivity index (χ1v) is 10.3. The molecule has 5 rings (SSSR count). The Morgan fingerprint density at radius 3 is 2.64 bits per heavy atom. The van der Waals surface area contributed by atoms with Crippen LogP contribution in [-0.2, 0) is 4.79 Å². The molecule has 5 nitrogen and oxygen atoms in total. The Labute approximate surface area is 166 Å². The molecule has 2 atom stereocenters. The second-order valence-electron chi connectivity index (χ2n) is 7.30. The van der Waals surface area contributed by atoms with Crippen molar-refractivity contribution in [2.75, 3.05) is 0 Å². The topological polar surface area (TPSA) is 68.0 Å². The number of rotatable bonds is 4. The summed E-state index contributed by atoms with van der Waals surface area (Å²) in [5, 5.41) is 9.28. The Hall–Kier alpha value is -2.99. The van der Waals surface area contributed by atoms with Crippen molar-refractivity contribution in [3.63, 3.8) is 0 Å². The van der Waals surface area contributed by atoms with E-state index in [0.29, 0.717) is 6.42 Å². The molecular weight excluding hydrogens is 370 g/mol. The fourth-order valence-electron chi connectivity index (χ4n) is 4.12. The number of carboxylic acid groups (broad SMARTS) is 1. The summed E-state index contributed by atoms with van der Waals surface area (Å²) in [7, 11) is 0. The lowest BCUT2D eigenvalue weighted by atomic mass is 10.0. The summed E-state index contributed by atoms with van der Waals surface area (Å²) in [6, 6.07) is 15.0. The highest BCUT2D eigenvalue weighted by molar-refractivity contribution is 7.16. The molecule has 1 aliphatic carbocycles. The van der Waals surface area contributed by atoms with Crippen LogP contribution in [0.4, 0.5) is 0 Å². The molecule has 0 radical (unpaired) electrons. The van der Waals surface area contributed by atoms with Crippen molar-refractivity contribution < 1.29 is 9.90 Å². The van der Waals surface area contributed by atoms with E-state index in [4.69, 9.17) is 0 Å². The largest absolute Gasteiger partial charge is 0.481 e. The Morgan fingerprint density at radius 1 is 1.07 bits per heavy atom. The van der Waals surface area contributed by atoms with Crippen molar-refractivity contribution in [1.29, 1.82) is 0 Å². The zero-order chi connectivity index (χ0) is 19.1. The van der Waals surface area contributed by atoms with E-state index < -0.39 is 5.97 Å². The molecule has 1 N–H and O–H groups in total. The standard InChI is InChI=1S/C22H19N3O2S/c26-22(27)17-5-7-18(9-17)25-12-23-11-20(25)15-3-1-14(2-4-15)16-6-8-19-21(10-16)28-13-24-19/h1-4,6,8,10-13,17-18H,5,7,9H2,(H,26,27)/t17-,18+/m0/s1. The Kier molecular flexibility index (Phi) is 4.20. The van der Waals surface area contributed by atoms with Crippen molar-refractivity contribution in [2.24, 2.45) is 5.92 Å². The van der Waals surface area contributed by atoms with Gasteiger partial charge in [0.2, 0.25) is 0 Å². The Morgan fingerprint density at radius 2 is 1.86 bits per heavy atom. The molecule has 1 aliphatic rings. The maximum Gasteiger partial charge on any atom is 0.306 e. The number of hydrogen-bond acceptors (Lipinski definition) is 4. The summed E-state index contributed by atoms with van der Waals surface area (Å²) < 4.78 is 3.33. The van der Waals surface area contributed by atoms with Crippen LogP contribution in [-0.4, -0.2) is 25.6 Å². The van der Waals surface area contributed by atoms with Crippen molar-refractivity contribution in [1.82, 2.24) is 14.5 Å². The average Bonchev–Trinajstić information content (AvgIpc) is 3.47. The highest BCUT2D eigenvalue weighted by Gasteiger charge is 2.31. The zero-order valence-electron chi connectivity index (χ0n) is 15.2. The number of hydrogen-bond donors (Lipinski definition) is 1. The number of carboxylic acids is 1. The summed E-state index contributed by atoms with van der Waals surface area (Å²) in [5.74, 6) is -0.935. The summed E-state index contributed by atoms with van der Waals surface area (Å²) >= 11 is 1.65. The van der Waals surface area contributed by atoms with Gasteiger partial charge in [-0.2, -0.15) is 0 Å². The number of nitrogens with zero attached hydrogens (tertiary/aromatic N) is 3. The van der Waals surface area contributed by atoms with Gasteiger partial charge in [-0.3, -0.25) is 4.79 Å². The van der Waals surface area contributed by atoms with Gasteiger partial charge in [0.1, 0.15) is 0 Å². The number of imidazole rings is 1. The van der Waals surface area contributed by atoms with Crippen molar-refractivity contribution in [2.45, 2.75) is 25.3 Å². The zero-order valence-corrected chi connectivity index (χ0v) is 16.0. The van der Waals surface area contributed by atoms with Gasteiger partial charge in [-0.1, -0.05) is 30.3 Å². The minimum atomic E-state index is -0.688. The third-order valence-electron chi connectivity index (χ3n) is 5.66. The van der Waals surface area contributed by atoms with Gasteiger partial charge in [-0.15, -0.1) is 11.3 Å². The predicted molar refractivity (Wildman–Crippen MR) is 110 cm³/mol. The van der Waals surface area contributed by atoms with E-state index in [2.05, 4.69) is 57.0 Å². The monoisotopic (exact) mass is 389 g/mol. The third kappa shape index (κ3) is 2.99. The highest BCUT2D eigenvalue weighted by atomic mass is 32.1. The lowest BCUT2D eigenvalue weighted by Crippen LogP contribution is -2.11. The number of fused-ring (bicyclic) bond motifs is 1. The molecule has 2 aromatic heterocycles. The van der Waals surface area contributed by atoms with Gasteiger partial charge in [0.05, 0.1) is 39.9 Å². The fourth-order valence-corrected chi connectivity index (χ4v) is 4.84. The molecule has 0 spiro atoms. The second kappa shape index (κ2) is 6.87. The summed E-state index contributed by atoms with van der Waals surface area (Å²) in [6.07, 6.45) is 5.98. The van der Waals surface area contributed by atoms with E-state index in [9.17, 15) is 9.90 Å². The molecular formula is C22H19N3O2S. The van der Waals surface area contributed by atoms with Crippen molar-refractivity contribution in [3.8, 4) is 22.4 Å². The van der Waals surface area contributed by atoms with Crippen LogP contribution in [0.3, 0.4) is 0 Å². The molecule has 1 fully saturated rings. The number of aromatic nitrogens is 3. The molecule has 0 bridgehead atoms. The van der Waals surface area contributed by atoms with Crippen LogP contribution in [0.2, 0.25) is 0 Å². The first kappa shape index (κ1) is 17.1. The van der Waals surface area contributed by atoms with Gasteiger partial charge in [-0.05, 0) is 48.1 Å². The van der Waals surface area contributed by atoms with Crippen LogP contribution in [0.25, 0.3) is 32.6 Å². The molecule has 1 saturated carbocycles. The second-order valence-corrected chi connectivity index (χ2v) is 8.19. The number of aliphatic carboxylic acids is 1. The van der Waals surface area contributed by atoms with Gasteiger partial charge in [0.15, 0.2) is 0 Å². The number of benzene rings is 2. The molecule has 0 saturated heterocycles. The van der Waals surface area contributed by atoms with Crippen LogP contribution in [0.1, 0.15) is 25.3 Å². The normalized spacial score (nSPS) is 19.3. The minimum Gasteiger partial charge on any atom is -0.481 e. The molecule has 0 amide bonds. The summed E-state index contributed by atoms with van der Waals surface area (Å²) in [6.45, 7) is 0. The minimum absolute atomic E-state index is 0.201. The van der Waals surface area contributed by atoms with Crippen LogP contribution >= 0.6 is 11.3 Å². The molecule has 140 valence electrons. The fraction of sp³-hybridized carbons (Fsp3) is 0.227. The van der Waals surface area contributed by atoms with Crippen LogP contribution in [0.15, 0.2) is 60.5 Å². The summed E-state index contributed by atoms with van der Waals surface area (Å²) in [5.41, 5.74) is 7.38. The maximum atomic E-state index is 11.3. The molecule has 0 unspecified atom stereocenters. The van der Waals surface area contributed by atoms with E-state index in [1.54, 1.807) is 11.3 Å². The van der Waals surface area contributed by atoms with Crippen LogP contribution in [0.5, 0.6) is 0 Å². The number of carbonyl (C=O) groups is 1. The SMILES string of the molecule is O=C(O)[C@H]1CC[C@@H](n2cncc2-c2ccc(-c3ccc4ncsc4c3)cc2)C1. The quantitative estimate of drug-likeness (QED) is 0.517. The van der Waals surface area contributed by atoms with Gasteiger partial charge < -0.3 is 9.67 Å².